The summed E-state index contributed by atoms with van der Waals surface area (Å²) < 4.78 is 21.7. The van der Waals surface area contributed by atoms with Crippen LogP contribution in [0, 0.1) is 5.92 Å². The molecule has 0 aromatic rings. The van der Waals surface area contributed by atoms with E-state index in [2.05, 4.69) is 12.2 Å². The van der Waals surface area contributed by atoms with E-state index >= 15 is 0 Å². The number of methoxy groups -OCH3 is 2. The number of hydrogen-bond acceptors (Lipinski definition) is 5. The van der Waals surface area contributed by atoms with Crippen LogP contribution in [-0.4, -0.2) is 51.7 Å². The lowest BCUT2D eigenvalue weighted by Crippen LogP contribution is -2.22. The first kappa shape index (κ1) is 25.6. The second kappa shape index (κ2) is 18.6. The molecule has 166 valence electrons. The molecule has 0 bridgehead atoms. The van der Waals surface area contributed by atoms with E-state index in [0.717, 1.165) is 51.7 Å². The van der Waals surface area contributed by atoms with Gasteiger partial charge in [-0.2, -0.15) is 0 Å². The average molecular weight is 401 g/mol. The molecule has 0 spiro atoms. The Kier molecular flexibility index (Phi) is 17.0. The number of allylic oxidation sites excluding steroid dienone is 2. The van der Waals surface area contributed by atoms with Crippen LogP contribution in [0.25, 0.3) is 0 Å². The van der Waals surface area contributed by atoms with Gasteiger partial charge < -0.3 is 24.1 Å². The maximum Gasteiger partial charge on any atom is 0.157 e. The molecule has 1 heterocycles. The molecule has 1 fully saturated rings. The maximum absolute atomic E-state index is 9.49. The van der Waals surface area contributed by atoms with Crippen molar-refractivity contribution in [2.24, 2.45) is 5.92 Å². The molecule has 0 aromatic carbocycles. The van der Waals surface area contributed by atoms with Gasteiger partial charge in [-0.25, -0.2) is 0 Å². The van der Waals surface area contributed by atoms with E-state index in [1.807, 2.05) is 0 Å². The lowest BCUT2D eigenvalue weighted by molar-refractivity contribution is -0.162. The molecule has 2 atom stereocenters. The van der Waals surface area contributed by atoms with Crippen LogP contribution in [0.2, 0.25) is 0 Å². The van der Waals surface area contributed by atoms with Gasteiger partial charge >= 0.3 is 0 Å². The Morgan fingerprint density at radius 2 is 1.71 bits per heavy atom. The number of aliphatic hydroxyl groups excluding tert-OH is 1. The minimum atomic E-state index is -0.162. The first-order valence-corrected chi connectivity index (χ1v) is 11.3. The molecule has 1 aliphatic rings. The van der Waals surface area contributed by atoms with Crippen molar-refractivity contribution in [3.63, 3.8) is 0 Å². The number of rotatable bonds is 18. The zero-order valence-electron chi connectivity index (χ0n) is 18.3. The third kappa shape index (κ3) is 13.7. The summed E-state index contributed by atoms with van der Waals surface area (Å²) in [6.45, 7) is 1.93. The van der Waals surface area contributed by atoms with Gasteiger partial charge in [0.15, 0.2) is 12.6 Å². The SMILES string of the molecule is COC(CCC(CO)C/C=C\CCCCCCCCOC1CCCCO1)OC. The fraction of sp³-hybridized carbons (Fsp3) is 0.913. The van der Waals surface area contributed by atoms with Gasteiger partial charge in [0.2, 0.25) is 0 Å². The van der Waals surface area contributed by atoms with Crippen LogP contribution < -0.4 is 0 Å². The molecule has 5 nitrogen and oxygen atoms in total. The van der Waals surface area contributed by atoms with Gasteiger partial charge in [0.1, 0.15) is 0 Å². The van der Waals surface area contributed by atoms with Gasteiger partial charge in [0.05, 0.1) is 0 Å². The van der Waals surface area contributed by atoms with E-state index in [1.54, 1.807) is 14.2 Å². The van der Waals surface area contributed by atoms with Crippen LogP contribution in [0.5, 0.6) is 0 Å². The highest BCUT2D eigenvalue weighted by Gasteiger charge is 2.13. The zero-order chi connectivity index (χ0) is 20.3. The molecule has 1 N–H and O–H groups in total. The number of ether oxygens (including phenoxy) is 4. The van der Waals surface area contributed by atoms with Crippen LogP contribution in [0.3, 0.4) is 0 Å². The Hall–Kier alpha value is -0.460. The fourth-order valence-corrected chi connectivity index (χ4v) is 3.52. The number of aliphatic hydroxyl groups is 1. The molecule has 2 unspecified atom stereocenters. The van der Waals surface area contributed by atoms with E-state index in [4.69, 9.17) is 18.9 Å². The highest BCUT2D eigenvalue weighted by atomic mass is 16.7. The third-order valence-corrected chi connectivity index (χ3v) is 5.44. The van der Waals surface area contributed by atoms with Crippen molar-refractivity contribution in [3.8, 4) is 0 Å². The summed E-state index contributed by atoms with van der Waals surface area (Å²) in [6, 6.07) is 0. The standard InChI is InChI=1S/C23H44O5/c1-25-22(26-2)17-16-21(20-24)14-10-8-6-4-3-5-7-9-12-18-27-23-15-11-13-19-28-23/h8,10,21-24H,3-7,9,11-20H2,1-2H3/b10-8-. The number of hydrogen-bond donors (Lipinski definition) is 1. The lowest BCUT2D eigenvalue weighted by atomic mass is 9.99. The summed E-state index contributed by atoms with van der Waals surface area (Å²) >= 11 is 0. The normalized spacial score (nSPS) is 18.9. The van der Waals surface area contributed by atoms with Crippen LogP contribution in [0.1, 0.15) is 83.5 Å². The molecule has 5 heteroatoms. The molecule has 0 aliphatic carbocycles. The van der Waals surface area contributed by atoms with E-state index in [-0.39, 0.29) is 19.2 Å². The van der Waals surface area contributed by atoms with Gasteiger partial charge in [0, 0.05) is 34.0 Å². The van der Waals surface area contributed by atoms with Gasteiger partial charge in [-0.15, -0.1) is 0 Å². The maximum atomic E-state index is 9.49. The van der Waals surface area contributed by atoms with Crippen LogP contribution in [0.4, 0.5) is 0 Å². The minimum Gasteiger partial charge on any atom is -0.396 e. The molecular weight excluding hydrogens is 356 g/mol. The molecule has 28 heavy (non-hydrogen) atoms. The molecule has 1 rings (SSSR count). The first-order chi connectivity index (χ1) is 13.8. The second-order valence-corrected chi connectivity index (χ2v) is 7.81. The summed E-state index contributed by atoms with van der Waals surface area (Å²) in [5.74, 6) is 0.297. The van der Waals surface area contributed by atoms with E-state index in [9.17, 15) is 5.11 Å². The highest BCUT2D eigenvalue weighted by Crippen LogP contribution is 2.16. The first-order valence-electron chi connectivity index (χ1n) is 11.3. The summed E-state index contributed by atoms with van der Waals surface area (Å²) in [4.78, 5) is 0. The van der Waals surface area contributed by atoms with Crippen LogP contribution >= 0.6 is 0 Å². The van der Waals surface area contributed by atoms with Gasteiger partial charge in [-0.3, -0.25) is 0 Å². The summed E-state index contributed by atoms with van der Waals surface area (Å²) in [5.41, 5.74) is 0. The topological polar surface area (TPSA) is 57.2 Å². The lowest BCUT2D eigenvalue weighted by Gasteiger charge is -2.22. The third-order valence-electron chi connectivity index (χ3n) is 5.44. The molecule has 0 saturated carbocycles. The van der Waals surface area contributed by atoms with Gasteiger partial charge in [-0.05, 0) is 63.7 Å². The fourth-order valence-electron chi connectivity index (χ4n) is 3.52. The van der Waals surface area contributed by atoms with E-state index in [1.165, 1.54) is 44.9 Å². The summed E-state index contributed by atoms with van der Waals surface area (Å²) in [5, 5.41) is 9.49. The van der Waals surface area contributed by atoms with Gasteiger partial charge in [0.25, 0.3) is 0 Å². The minimum absolute atomic E-state index is 0.0624. The van der Waals surface area contributed by atoms with Crippen molar-refractivity contribution in [1.82, 2.24) is 0 Å². The predicted octanol–water partition coefficient (Wildman–Crippen LogP) is 5.21. The Balaban J connectivity index is 1.87. The molecular formula is C23H44O5. The smallest absolute Gasteiger partial charge is 0.157 e. The Morgan fingerprint density at radius 1 is 0.964 bits per heavy atom. The summed E-state index contributed by atoms with van der Waals surface area (Å²) in [6.07, 6.45) is 19.2. The average Bonchev–Trinajstić information content (AvgIpc) is 2.74. The Labute approximate surface area is 172 Å². The van der Waals surface area contributed by atoms with Crippen molar-refractivity contribution < 1.29 is 24.1 Å². The van der Waals surface area contributed by atoms with Crippen LogP contribution in [-0.2, 0) is 18.9 Å². The van der Waals surface area contributed by atoms with Crippen molar-refractivity contribution >= 4 is 0 Å². The Morgan fingerprint density at radius 3 is 2.39 bits per heavy atom. The molecule has 0 aromatic heterocycles. The van der Waals surface area contributed by atoms with Crippen molar-refractivity contribution in [2.75, 3.05) is 34.0 Å². The van der Waals surface area contributed by atoms with Crippen LogP contribution in [0.15, 0.2) is 12.2 Å². The Bertz CT molecular complexity index is 351. The number of unbranched alkanes of at least 4 members (excludes halogenated alkanes) is 6. The molecule has 1 aliphatic heterocycles. The monoisotopic (exact) mass is 400 g/mol. The summed E-state index contributed by atoms with van der Waals surface area (Å²) in [7, 11) is 3.31. The zero-order valence-corrected chi connectivity index (χ0v) is 18.3. The molecule has 1 saturated heterocycles. The second-order valence-electron chi connectivity index (χ2n) is 7.81. The highest BCUT2D eigenvalue weighted by molar-refractivity contribution is 4.84. The quantitative estimate of drug-likeness (QED) is 0.194. The molecule has 0 radical (unpaired) electrons. The van der Waals surface area contributed by atoms with Crippen molar-refractivity contribution in [2.45, 2.75) is 96.1 Å². The van der Waals surface area contributed by atoms with Crippen molar-refractivity contribution in [3.05, 3.63) is 12.2 Å². The van der Waals surface area contributed by atoms with E-state index in [0.29, 0.717) is 5.92 Å². The largest absolute Gasteiger partial charge is 0.396 e. The predicted molar refractivity (Wildman–Crippen MR) is 113 cm³/mol. The van der Waals surface area contributed by atoms with E-state index < -0.39 is 0 Å². The van der Waals surface area contributed by atoms with Crippen molar-refractivity contribution in [1.29, 1.82) is 0 Å². The van der Waals surface area contributed by atoms with Gasteiger partial charge in [-0.1, -0.05) is 37.8 Å². The molecule has 0 amide bonds.